The van der Waals surface area contributed by atoms with Crippen LogP contribution in [0, 0.1) is 11.8 Å². The minimum Gasteiger partial charge on any atom is -0.378 e. The molecular formula is C17H30N2O2. The molecule has 4 nitrogen and oxygen atoms in total. The number of carbonyl (C=O) groups excluding carboxylic acids is 1. The summed E-state index contributed by atoms with van der Waals surface area (Å²) in [5.74, 6) is 1.34. The fourth-order valence-electron chi connectivity index (χ4n) is 4.21. The van der Waals surface area contributed by atoms with E-state index in [1.807, 2.05) is 0 Å². The lowest BCUT2D eigenvalue weighted by molar-refractivity contribution is -0.131. The molecule has 3 aliphatic rings. The summed E-state index contributed by atoms with van der Waals surface area (Å²) in [5.41, 5.74) is 0. The summed E-state index contributed by atoms with van der Waals surface area (Å²) < 4.78 is 5.72. The number of hydrogen-bond donors (Lipinski definition) is 1. The number of amides is 1. The van der Waals surface area contributed by atoms with Gasteiger partial charge in [-0.05, 0) is 43.9 Å². The molecule has 0 aromatic rings. The van der Waals surface area contributed by atoms with E-state index in [1.54, 1.807) is 0 Å². The van der Waals surface area contributed by atoms with Crippen LogP contribution in [-0.4, -0.2) is 42.3 Å². The summed E-state index contributed by atoms with van der Waals surface area (Å²) >= 11 is 0. The lowest BCUT2D eigenvalue weighted by Crippen LogP contribution is -2.43. The van der Waals surface area contributed by atoms with Gasteiger partial charge >= 0.3 is 0 Å². The summed E-state index contributed by atoms with van der Waals surface area (Å²) in [7, 11) is 0. The molecule has 1 N–H and O–H groups in total. The summed E-state index contributed by atoms with van der Waals surface area (Å²) in [4.78, 5) is 14.9. The number of hydrogen-bond acceptors (Lipinski definition) is 3. The Morgan fingerprint density at radius 3 is 2.62 bits per heavy atom. The molecule has 21 heavy (non-hydrogen) atoms. The van der Waals surface area contributed by atoms with Gasteiger partial charge in [-0.15, -0.1) is 0 Å². The van der Waals surface area contributed by atoms with Crippen LogP contribution in [0.25, 0.3) is 0 Å². The fraction of sp³-hybridized carbons (Fsp3) is 0.941. The summed E-state index contributed by atoms with van der Waals surface area (Å²) in [5, 5.41) is 3.64. The maximum atomic E-state index is 12.7. The van der Waals surface area contributed by atoms with Gasteiger partial charge in [0.1, 0.15) is 0 Å². The van der Waals surface area contributed by atoms with Gasteiger partial charge < -0.3 is 9.64 Å². The maximum Gasteiger partial charge on any atom is 0.241 e. The second-order valence-electron chi connectivity index (χ2n) is 7.33. The Kier molecular flexibility index (Phi) is 4.85. The van der Waals surface area contributed by atoms with E-state index in [0.29, 0.717) is 23.8 Å². The van der Waals surface area contributed by atoms with Crippen LogP contribution in [-0.2, 0) is 9.53 Å². The van der Waals surface area contributed by atoms with Gasteiger partial charge in [-0.3, -0.25) is 10.1 Å². The molecule has 3 atom stereocenters. The Morgan fingerprint density at radius 2 is 2.00 bits per heavy atom. The number of nitrogens with zero attached hydrogens (tertiary/aromatic N) is 1. The molecule has 0 aromatic heterocycles. The van der Waals surface area contributed by atoms with E-state index in [9.17, 15) is 4.79 Å². The third-order valence-electron chi connectivity index (χ3n) is 5.46. The Bertz CT molecular complexity index is 360. The molecule has 1 saturated carbocycles. The Labute approximate surface area is 128 Å². The van der Waals surface area contributed by atoms with Crippen molar-refractivity contribution in [1.29, 1.82) is 0 Å². The highest BCUT2D eigenvalue weighted by molar-refractivity contribution is 5.84. The lowest BCUT2D eigenvalue weighted by Gasteiger charge is -2.29. The van der Waals surface area contributed by atoms with Crippen LogP contribution in [0.4, 0.5) is 0 Å². The highest BCUT2D eigenvalue weighted by Gasteiger charge is 2.44. The van der Waals surface area contributed by atoms with Crippen molar-refractivity contribution in [2.45, 2.75) is 77.1 Å². The van der Waals surface area contributed by atoms with Crippen LogP contribution in [0.15, 0.2) is 0 Å². The average molecular weight is 294 g/mol. The van der Waals surface area contributed by atoms with Crippen LogP contribution in [0.3, 0.4) is 0 Å². The van der Waals surface area contributed by atoms with E-state index in [-0.39, 0.29) is 12.2 Å². The fourth-order valence-corrected chi connectivity index (χ4v) is 4.21. The normalized spacial score (nSPS) is 34.5. The molecule has 3 fully saturated rings. The van der Waals surface area contributed by atoms with Crippen molar-refractivity contribution in [3.8, 4) is 0 Å². The minimum absolute atomic E-state index is 0.0140. The van der Waals surface area contributed by atoms with Crippen molar-refractivity contribution >= 4 is 5.91 Å². The van der Waals surface area contributed by atoms with Crippen LogP contribution in [0.1, 0.15) is 58.8 Å². The molecule has 120 valence electrons. The Hall–Kier alpha value is -0.610. The molecule has 1 amide bonds. The van der Waals surface area contributed by atoms with E-state index >= 15 is 0 Å². The predicted molar refractivity (Wildman–Crippen MR) is 82.8 cm³/mol. The third-order valence-corrected chi connectivity index (χ3v) is 5.46. The van der Waals surface area contributed by atoms with E-state index in [1.165, 1.54) is 32.1 Å². The predicted octanol–water partition coefficient (Wildman–Crippen LogP) is 2.53. The average Bonchev–Trinajstić information content (AvgIpc) is 3.17. The Balaban J connectivity index is 1.64. The van der Waals surface area contributed by atoms with Crippen molar-refractivity contribution < 1.29 is 9.53 Å². The molecule has 0 radical (unpaired) electrons. The summed E-state index contributed by atoms with van der Waals surface area (Å²) in [6.45, 7) is 6.05. The van der Waals surface area contributed by atoms with E-state index in [4.69, 9.17) is 4.74 Å². The molecule has 3 rings (SSSR count). The first-order valence-corrected chi connectivity index (χ1v) is 8.85. The quantitative estimate of drug-likeness (QED) is 0.847. The first kappa shape index (κ1) is 15.3. The first-order chi connectivity index (χ1) is 10.2. The Morgan fingerprint density at radius 1 is 1.24 bits per heavy atom. The topological polar surface area (TPSA) is 41.6 Å². The van der Waals surface area contributed by atoms with Gasteiger partial charge in [-0.1, -0.05) is 26.7 Å². The molecule has 1 aliphatic carbocycles. The number of ether oxygens (including phenoxy) is 1. The van der Waals surface area contributed by atoms with Crippen molar-refractivity contribution in [3.05, 3.63) is 0 Å². The van der Waals surface area contributed by atoms with E-state index in [2.05, 4.69) is 24.1 Å². The zero-order valence-corrected chi connectivity index (χ0v) is 13.5. The zero-order valence-electron chi connectivity index (χ0n) is 13.5. The first-order valence-electron chi connectivity index (χ1n) is 8.85. The van der Waals surface area contributed by atoms with Gasteiger partial charge in [0.2, 0.25) is 5.91 Å². The molecule has 3 unspecified atom stereocenters. The van der Waals surface area contributed by atoms with Crippen LogP contribution >= 0.6 is 0 Å². The number of nitrogens with one attached hydrogen (secondary N) is 1. The van der Waals surface area contributed by atoms with Crippen molar-refractivity contribution in [2.75, 3.05) is 13.2 Å². The largest absolute Gasteiger partial charge is 0.378 e. The molecule has 0 spiro atoms. The zero-order chi connectivity index (χ0) is 14.8. The minimum atomic E-state index is 0.0140. The molecule has 2 heterocycles. The highest BCUT2D eigenvalue weighted by Crippen LogP contribution is 2.33. The number of carbonyl (C=O) groups is 1. The molecular weight excluding hydrogens is 264 g/mol. The van der Waals surface area contributed by atoms with Gasteiger partial charge in [0.05, 0.1) is 18.3 Å². The lowest BCUT2D eigenvalue weighted by atomic mass is 10.0. The van der Waals surface area contributed by atoms with Gasteiger partial charge in [-0.2, -0.15) is 0 Å². The third kappa shape index (κ3) is 3.26. The summed E-state index contributed by atoms with van der Waals surface area (Å²) in [6.07, 6.45) is 9.18. The standard InChI is InChI=1S/C17H30N2O2/c1-12(2)15-17(20)19(10-9-14-8-5-11-21-14)16(18-15)13-6-3-4-7-13/h12-16,18H,3-11H2,1-2H3. The van der Waals surface area contributed by atoms with Gasteiger partial charge in [0.15, 0.2) is 0 Å². The second kappa shape index (κ2) is 6.66. The van der Waals surface area contributed by atoms with Crippen molar-refractivity contribution in [3.63, 3.8) is 0 Å². The van der Waals surface area contributed by atoms with Gasteiger partial charge in [0, 0.05) is 13.2 Å². The van der Waals surface area contributed by atoms with Crippen LogP contribution < -0.4 is 5.32 Å². The molecule has 0 bridgehead atoms. The highest BCUT2D eigenvalue weighted by atomic mass is 16.5. The summed E-state index contributed by atoms with van der Waals surface area (Å²) in [6, 6.07) is 0.0140. The molecule has 2 aliphatic heterocycles. The second-order valence-corrected chi connectivity index (χ2v) is 7.33. The van der Waals surface area contributed by atoms with Crippen molar-refractivity contribution in [1.82, 2.24) is 10.2 Å². The molecule has 4 heteroatoms. The van der Waals surface area contributed by atoms with Crippen LogP contribution in [0.2, 0.25) is 0 Å². The van der Waals surface area contributed by atoms with E-state index < -0.39 is 0 Å². The van der Waals surface area contributed by atoms with Gasteiger partial charge in [0.25, 0.3) is 0 Å². The molecule has 0 aromatic carbocycles. The monoisotopic (exact) mass is 294 g/mol. The van der Waals surface area contributed by atoms with Gasteiger partial charge in [-0.25, -0.2) is 0 Å². The van der Waals surface area contributed by atoms with Crippen LogP contribution in [0.5, 0.6) is 0 Å². The molecule has 2 saturated heterocycles. The number of rotatable bonds is 5. The SMILES string of the molecule is CC(C)C1NC(C2CCCC2)N(CCC2CCCO2)C1=O. The maximum absolute atomic E-state index is 12.7. The van der Waals surface area contributed by atoms with Crippen molar-refractivity contribution in [2.24, 2.45) is 11.8 Å². The smallest absolute Gasteiger partial charge is 0.241 e. The van der Waals surface area contributed by atoms with E-state index in [0.717, 1.165) is 26.0 Å².